The molecule has 0 aromatic carbocycles. The number of hydroxylamine groups is 2. The van der Waals surface area contributed by atoms with Crippen LogP contribution in [-0.4, -0.2) is 55.7 Å². The van der Waals surface area contributed by atoms with E-state index in [1.807, 2.05) is 0 Å². The van der Waals surface area contributed by atoms with Crippen molar-refractivity contribution in [3.05, 3.63) is 0 Å². The second-order valence-corrected chi connectivity index (χ2v) is 13.8. The first-order valence-corrected chi connectivity index (χ1v) is 16.2. The fourth-order valence-electron chi connectivity index (χ4n) is 9.18. The fourth-order valence-corrected chi connectivity index (χ4v) is 9.18. The largest absolute Gasteiger partial charge is 0.397 e. The van der Waals surface area contributed by atoms with Crippen LogP contribution in [0.1, 0.15) is 161 Å². The summed E-state index contributed by atoms with van der Waals surface area (Å²) in [5, 5.41) is 24.1. The van der Waals surface area contributed by atoms with Gasteiger partial charge in [-0.15, -0.1) is 0 Å². The molecule has 0 amide bonds. The monoisotopic (exact) mass is 532 g/mol. The summed E-state index contributed by atoms with van der Waals surface area (Å²) in [6.07, 6.45) is 27.0. The first kappa shape index (κ1) is 30.1. The smallest absolute Gasteiger partial charge is 0.136 e. The van der Waals surface area contributed by atoms with Gasteiger partial charge in [-0.2, -0.15) is 5.06 Å². The SMILES string of the molecule is CCO.O=C1CC2(CCCCC2)N(O)C2(CCCCC2)C1.O=C1CC2(CCCCC2)NC2(CCCCC2)C1. The standard InChI is InChI=1S/C15H25NO2.C15H25NO.C2H6O/c17-13-11-14(7-3-1-4-8-14)16(18)15(12-13)9-5-2-6-10-15;17-13-11-14(7-3-1-4-8-14)16-15(12-13)9-5-2-6-10-15;1-2-3/h18H,1-12H2;16H,1-12H2;3H,2H2,1H3. The maximum atomic E-state index is 12.2. The van der Waals surface area contributed by atoms with Crippen LogP contribution in [0.5, 0.6) is 0 Å². The van der Waals surface area contributed by atoms with Gasteiger partial charge in [-0.3, -0.25) is 9.59 Å². The quantitative estimate of drug-likeness (QED) is 0.318. The maximum Gasteiger partial charge on any atom is 0.136 e. The van der Waals surface area contributed by atoms with E-state index in [9.17, 15) is 14.8 Å². The highest BCUT2D eigenvalue weighted by Crippen LogP contribution is 2.49. The van der Waals surface area contributed by atoms with Crippen molar-refractivity contribution in [2.75, 3.05) is 6.61 Å². The lowest BCUT2D eigenvalue weighted by molar-refractivity contribution is -0.270. The van der Waals surface area contributed by atoms with Gasteiger partial charge in [-0.05, 0) is 58.3 Å². The molecule has 218 valence electrons. The van der Waals surface area contributed by atoms with Gasteiger partial charge < -0.3 is 15.6 Å². The van der Waals surface area contributed by atoms with Crippen molar-refractivity contribution in [2.45, 2.75) is 183 Å². The lowest BCUT2D eigenvalue weighted by atomic mass is 9.66. The number of ketones is 2. The highest BCUT2D eigenvalue weighted by atomic mass is 16.5. The summed E-state index contributed by atoms with van der Waals surface area (Å²) in [4.78, 5) is 24.4. The van der Waals surface area contributed by atoms with Gasteiger partial charge in [0, 0.05) is 43.4 Å². The van der Waals surface area contributed by atoms with E-state index in [0.29, 0.717) is 24.4 Å². The van der Waals surface area contributed by atoms with Crippen LogP contribution in [-0.2, 0) is 9.59 Å². The van der Waals surface area contributed by atoms with Gasteiger partial charge >= 0.3 is 0 Å². The summed E-state index contributed by atoms with van der Waals surface area (Å²) in [5.74, 6) is 0.927. The molecule has 2 saturated heterocycles. The molecule has 4 aliphatic carbocycles. The summed E-state index contributed by atoms with van der Waals surface area (Å²) in [5.41, 5.74) is -0.00824. The maximum absolute atomic E-state index is 12.2. The minimum atomic E-state index is -0.203. The molecule has 2 aliphatic heterocycles. The molecular weight excluding hydrogens is 476 g/mol. The van der Waals surface area contributed by atoms with Crippen molar-refractivity contribution in [3.8, 4) is 0 Å². The summed E-state index contributed by atoms with van der Waals surface area (Å²) in [7, 11) is 0. The van der Waals surface area contributed by atoms with E-state index in [1.54, 1.807) is 12.0 Å². The number of carbonyl (C=O) groups excluding carboxylic acids is 2. The normalized spacial score (nSPS) is 29.9. The number of nitrogens with one attached hydrogen (secondary N) is 1. The fraction of sp³-hybridized carbons (Fsp3) is 0.938. The number of aliphatic hydroxyl groups is 1. The second kappa shape index (κ2) is 13.2. The summed E-state index contributed by atoms with van der Waals surface area (Å²) < 4.78 is 0. The number of aliphatic hydroxyl groups excluding tert-OH is 1. The molecule has 6 aliphatic rings. The molecule has 0 bridgehead atoms. The van der Waals surface area contributed by atoms with Gasteiger partial charge in [0.2, 0.25) is 0 Å². The Bertz CT molecular complexity index is 714. The number of carbonyl (C=O) groups is 2. The minimum Gasteiger partial charge on any atom is -0.397 e. The topological polar surface area (TPSA) is 89.9 Å². The molecule has 6 nitrogen and oxygen atoms in total. The molecule has 0 radical (unpaired) electrons. The van der Waals surface area contributed by atoms with Crippen LogP contribution < -0.4 is 5.32 Å². The second-order valence-electron chi connectivity index (χ2n) is 13.8. The number of nitrogens with zero attached hydrogens (tertiary/aromatic N) is 1. The molecule has 4 spiro atoms. The van der Waals surface area contributed by atoms with Gasteiger partial charge in [0.15, 0.2) is 0 Å². The van der Waals surface area contributed by atoms with Crippen LogP contribution >= 0.6 is 0 Å². The summed E-state index contributed by atoms with van der Waals surface area (Å²) >= 11 is 0. The van der Waals surface area contributed by atoms with Gasteiger partial charge in [-0.1, -0.05) is 77.0 Å². The van der Waals surface area contributed by atoms with E-state index in [2.05, 4.69) is 5.32 Å². The zero-order valence-electron chi connectivity index (χ0n) is 24.3. The molecular formula is C32H56N2O4. The van der Waals surface area contributed by atoms with Crippen molar-refractivity contribution in [3.63, 3.8) is 0 Å². The third-order valence-corrected chi connectivity index (χ3v) is 10.7. The van der Waals surface area contributed by atoms with Crippen LogP contribution in [0.2, 0.25) is 0 Å². The van der Waals surface area contributed by atoms with Crippen molar-refractivity contribution in [2.24, 2.45) is 0 Å². The van der Waals surface area contributed by atoms with Crippen molar-refractivity contribution in [1.82, 2.24) is 10.4 Å². The predicted molar refractivity (Wildman–Crippen MR) is 151 cm³/mol. The van der Waals surface area contributed by atoms with Gasteiger partial charge in [0.05, 0.1) is 11.1 Å². The molecule has 6 heteroatoms. The van der Waals surface area contributed by atoms with Gasteiger partial charge in [0.25, 0.3) is 0 Å². The molecule has 4 saturated carbocycles. The van der Waals surface area contributed by atoms with E-state index < -0.39 is 0 Å². The molecule has 6 fully saturated rings. The van der Waals surface area contributed by atoms with Crippen LogP contribution in [0.15, 0.2) is 0 Å². The number of hydrogen-bond donors (Lipinski definition) is 3. The first-order chi connectivity index (χ1) is 18.3. The Morgan fingerprint density at radius 1 is 0.579 bits per heavy atom. The molecule has 6 rings (SSSR count). The number of hydrogen-bond acceptors (Lipinski definition) is 6. The molecule has 0 unspecified atom stereocenters. The number of Topliss-reactive ketones (excluding diaryl/α,β-unsaturated/α-hetero) is 2. The summed E-state index contributed by atoms with van der Waals surface area (Å²) in [6, 6.07) is 0. The van der Waals surface area contributed by atoms with Crippen molar-refractivity contribution in [1.29, 1.82) is 0 Å². The van der Waals surface area contributed by atoms with Crippen molar-refractivity contribution < 1.29 is 19.9 Å². The highest BCUT2D eigenvalue weighted by molar-refractivity contribution is 5.82. The van der Waals surface area contributed by atoms with Crippen LogP contribution in [0.3, 0.4) is 0 Å². The highest BCUT2D eigenvalue weighted by Gasteiger charge is 2.54. The zero-order chi connectivity index (χ0) is 27.1. The third kappa shape index (κ3) is 6.90. The lowest BCUT2D eigenvalue weighted by Gasteiger charge is -2.56. The molecule has 0 aromatic rings. The lowest BCUT2D eigenvalue weighted by Crippen LogP contribution is -2.65. The molecule has 38 heavy (non-hydrogen) atoms. The van der Waals surface area contributed by atoms with E-state index in [0.717, 1.165) is 38.5 Å². The number of piperidine rings is 2. The zero-order valence-corrected chi connectivity index (χ0v) is 24.3. The molecule has 0 atom stereocenters. The van der Waals surface area contributed by atoms with Crippen LogP contribution in [0, 0.1) is 0 Å². The Hall–Kier alpha value is -0.820. The van der Waals surface area contributed by atoms with E-state index in [4.69, 9.17) is 5.11 Å². The van der Waals surface area contributed by atoms with Gasteiger partial charge in [-0.25, -0.2) is 0 Å². The van der Waals surface area contributed by atoms with E-state index in [-0.39, 0.29) is 28.8 Å². The van der Waals surface area contributed by atoms with E-state index >= 15 is 0 Å². The third-order valence-electron chi connectivity index (χ3n) is 10.7. The first-order valence-electron chi connectivity index (χ1n) is 16.2. The van der Waals surface area contributed by atoms with Crippen LogP contribution in [0.4, 0.5) is 0 Å². The van der Waals surface area contributed by atoms with Gasteiger partial charge in [0.1, 0.15) is 11.6 Å². The Kier molecular flexibility index (Phi) is 10.5. The molecule has 0 aromatic heterocycles. The average molecular weight is 533 g/mol. The average Bonchev–Trinajstić information content (AvgIpc) is 2.89. The Morgan fingerprint density at radius 3 is 1.21 bits per heavy atom. The minimum absolute atomic E-state index is 0.199. The number of rotatable bonds is 0. The Morgan fingerprint density at radius 2 is 0.868 bits per heavy atom. The van der Waals surface area contributed by atoms with E-state index in [1.165, 1.54) is 103 Å². The summed E-state index contributed by atoms with van der Waals surface area (Å²) in [6.45, 7) is 1.93. The Balaban J connectivity index is 0.000000161. The van der Waals surface area contributed by atoms with Crippen molar-refractivity contribution >= 4 is 11.6 Å². The van der Waals surface area contributed by atoms with Crippen LogP contribution in [0.25, 0.3) is 0 Å². The molecule has 3 N–H and O–H groups in total. The Labute approximate surface area is 231 Å². The molecule has 2 heterocycles. The predicted octanol–water partition coefficient (Wildman–Crippen LogP) is 6.79.